The summed E-state index contributed by atoms with van der Waals surface area (Å²) >= 11 is 1.47. The summed E-state index contributed by atoms with van der Waals surface area (Å²) in [5.41, 5.74) is 0. The molecule has 0 aliphatic rings. The third kappa shape index (κ3) is 3.20. The molecule has 0 aromatic carbocycles. The van der Waals surface area contributed by atoms with Crippen LogP contribution in [0.3, 0.4) is 0 Å². The number of nitrogens with one attached hydrogen (secondary N) is 1. The minimum absolute atomic E-state index is 0.157. The minimum Gasteiger partial charge on any atom is -0.384 e. The Kier molecular flexibility index (Phi) is 4.12. The monoisotopic (exact) mass is 262 g/mol. The number of amides is 1. The van der Waals surface area contributed by atoms with Gasteiger partial charge in [-0.25, -0.2) is 0 Å². The van der Waals surface area contributed by atoms with Gasteiger partial charge in [-0.15, -0.1) is 11.3 Å². The first-order valence-electron chi connectivity index (χ1n) is 5.17. The van der Waals surface area contributed by atoms with E-state index >= 15 is 0 Å². The van der Waals surface area contributed by atoms with Crippen LogP contribution in [0.1, 0.15) is 20.3 Å². The largest absolute Gasteiger partial charge is 0.384 e. The number of thiophene rings is 1. The summed E-state index contributed by atoms with van der Waals surface area (Å²) in [7, 11) is 0. The third-order valence-electron chi connectivity index (χ3n) is 2.04. The summed E-state index contributed by atoms with van der Waals surface area (Å²) in [6, 6.07) is 5.23. The number of hydrogen-bond acceptors (Lipinski definition) is 5. The van der Waals surface area contributed by atoms with Crippen molar-refractivity contribution >= 4 is 17.2 Å². The Balaban J connectivity index is 1.90. The maximum Gasteiger partial charge on any atom is 0.290 e. The molecule has 6 heteroatoms. The second kappa shape index (κ2) is 6.00. The van der Waals surface area contributed by atoms with Crippen LogP contribution in [0.5, 0.6) is 0 Å². The fourth-order valence-electron chi connectivity index (χ4n) is 1.25. The van der Waals surface area contributed by atoms with Crippen LogP contribution >= 0.6 is 11.3 Å². The van der Waals surface area contributed by atoms with E-state index in [-0.39, 0.29) is 18.3 Å². The van der Waals surface area contributed by atoms with E-state index < -0.39 is 0 Å². The quantitative estimate of drug-likeness (QED) is 0.809. The van der Waals surface area contributed by atoms with Crippen LogP contribution in [0, 0.1) is 11.8 Å². The summed E-state index contributed by atoms with van der Waals surface area (Å²) in [6.07, 6.45) is 1.42. The Hall–Kier alpha value is -2.10. The SMILES string of the molecule is O=C(NCc1ccc(C#CCO)s1)c1ccno1. The lowest BCUT2D eigenvalue weighted by Crippen LogP contribution is -2.21. The van der Waals surface area contributed by atoms with Crippen LogP contribution in [0.2, 0.25) is 0 Å². The maximum atomic E-state index is 11.6. The normalized spacial score (nSPS) is 9.61. The second-order valence-corrected chi connectivity index (χ2v) is 4.45. The number of carbonyl (C=O) groups excluding carboxylic acids is 1. The first kappa shape index (κ1) is 12.4. The van der Waals surface area contributed by atoms with Crippen molar-refractivity contribution in [2.75, 3.05) is 6.61 Å². The smallest absolute Gasteiger partial charge is 0.290 e. The molecule has 5 nitrogen and oxygen atoms in total. The van der Waals surface area contributed by atoms with Crippen LogP contribution in [-0.2, 0) is 6.54 Å². The summed E-state index contributed by atoms with van der Waals surface area (Å²) in [6.45, 7) is 0.250. The topological polar surface area (TPSA) is 75.4 Å². The highest BCUT2D eigenvalue weighted by Crippen LogP contribution is 2.15. The van der Waals surface area contributed by atoms with Crippen molar-refractivity contribution < 1.29 is 14.4 Å². The summed E-state index contributed by atoms with van der Waals surface area (Å²) in [5, 5.41) is 14.7. The molecule has 18 heavy (non-hydrogen) atoms. The Labute approximate surface area is 107 Å². The first-order valence-corrected chi connectivity index (χ1v) is 5.98. The van der Waals surface area contributed by atoms with Crippen LogP contribution in [0.25, 0.3) is 0 Å². The molecule has 0 fully saturated rings. The number of carbonyl (C=O) groups is 1. The van der Waals surface area contributed by atoms with E-state index in [1.807, 2.05) is 12.1 Å². The molecule has 2 heterocycles. The van der Waals surface area contributed by atoms with Crippen LogP contribution in [0.15, 0.2) is 28.9 Å². The molecule has 0 saturated carbocycles. The number of aliphatic hydroxyl groups excluding tert-OH is 1. The molecule has 2 N–H and O–H groups in total. The Morgan fingerprint density at radius 3 is 3.11 bits per heavy atom. The zero-order valence-corrected chi connectivity index (χ0v) is 10.2. The number of hydrogen-bond donors (Lipinski definition) is 2. The highest BCUT2D eigenvalue weighted by atomic mass is 32.1. The first-order chi connectivity index (χ1) is 8.79. The number of nitrogens with zero attached hydrogens (tertiary/aromatic N) is 1. The number of aliphatic hydroxyl groups is 1. The van der Waals surface area contributed by atoms with Gasteiger partial charge in [-0.2, -0.15) is 0 Å². The standard InChI is InChI=1S/C12H10N2O3S/c15-7-1-2-9-3-4-10(18-9)8-13-12(16)11-5-6-14-17-11/h3-6,15H,7-8H2,(H,13,16). The molecule has 2 aromatic heterocycles. The lowest BCUT2D eigenvalue weighted by molar-refractivity contribution is 0.0914. The lowest BCUT2D eigenvalue weighted by Gasteiger charge is -1.98. The van der Waals surface area contributed by atoms with Gasteiger partial charge in [0.1, 0.15) is 6.61 Å². The van der Waals surface area contributed by atoms with Crippen molar-refractivity contribution in [3.8, 4) is 11.8 Å². The van der Waals surface area contributed by atoms with Crippen molar-refractivity contribution in [3.63, 3.8) is 0 Å². The van der Waals surface area contributed by atoms with Crippen molar-refractivity contribution in [2.45, 2.75) is 6.54 Å². The van der Waals surface area contributed by atoms with Crippen molar-refractivity contribution in [1.82, 2.24) is 10.5 Å². The molecule has 2 aromatic rings. The molecule has 92 valence electrons. The van der Waals surface area contributed by atoms with Crippen LogP contribution in [0.4, 0.5) is 0 Å². The van der Waals surface area contributed by atoms with Gasteiger partial charge < -0.3 is 14.9 Å². The molecule has 0 spiro atoms. The van der Waals surface area contributed by atoms with Crippen molar-refractivity contribution in [2.24, 2.45) is 0 Å². The molecule has 0 radical (unpaired) electrons. The molecule has 1 amide bonds. The molecular formula is C12H10N2O3S. The molecule has 0 bridgehead atoms. The van der Waals surface area contributed by atoms with Gasteiger partial charge in [0.15, 0.2) is 0 Å². The highest BCUT2D eigenvalue weighted by molar-refractivity contribution is 7.12. The van der Waals surface area contributed by atoms with Crippen LogP contribution in [-0.4, -0.2) is 22.8 Å². The zero-order valence-electron chi connectivity index (χ0n) is 9.34. The van der Waals surface area contributed by atoms with Gasteiger partial charge in [0.05, 0.1) is 17.6 Å². The maximum absolute atomic E-state index is 11.6. The number of aromatic nitrogens is 1. The van der Waals surface area contributed by atoms with E-state index in [4.69, 9.17) is 9.63 Å². The zero-order chi connectivity index (χ0) is 12.8. The van der Waals surface area contributed by atoms with Gasteiger partial charge in [-0.1, -0.05) is 17.0 Å². The third-order valence-corrected chi connectivity index (χ3v) is 3.04. The van der Waals surface area contributed by atoms with Gasteiger partial charge in [0.2, 0.25) is 5.76 Å². The Morgan fingerprint density at radius 1 is 1.50 bits per heavy atom. The highest BCUT2D eigenvalue weighted by Gasteiger charge is 2.09. The molecule has 2 rings (SSSR count). The van der Waals surface area contributed by atoms with Gasteiger partial charge in [0.25, 0.3) is 5.91 Å². The lowest BCUT2D eigenvalue weighted by atomic mass is 10.4. The molecular weight excluding hydrogens is 252 g/mol. The van der Waals surface area contributed by atoms with Crippen molar-refractivity contribution in [1.29, 1.82) is 0 Å². The molecule has 0 aliphatic carbocycles. The average Bonchev–Trinajstić information content (AvgIpc) is 3.04. The second-order valence-electron chi connectivity index (χ2n) is 3.29. The Morgan fingerprint density at radius 2 is 2.39 bits per heavy atom. The van der Waals surface area contributed by atoms with E-state index in [0.717, 1.165) is 9.75 Å². The van der Waals surface area contributed by atoms with E-state index in [1.165, 1.54) is 23.6 Å². The minimum atomic E-state index is -0.302. The summed E-state index contributed by atoms with van der Waals surface area (Å²) in [4.78, 5) is 13.4. The average molecular weight is 262 g/mol. The number of rotatable bonds is 3. The molecule has 0 aliphatic heterocycles. The van der Waals surface area contributed by atoms with Crippen LogP contribution < -0.4 is 5.32 Å². The predicted molar refractivity (Wildman–Crippen MR) is 66.0 cm³/mol. The summed E-state index contributed by atoms with van der Waals surface area (Å²) < 4.78 is 4.73. The van der Waals surface area contributed by atoms with Gasteiger partial charge in [-0.05, 0) is 12.1 Å². The molecule has 0 atom stereocenters. The van der Waals surface area contributed by atoms with Gasteiger partial charge in [-0.3, -0.25) is 4.79 Å². The van der Waals surface area contributed by atoms with E-state index in [0.29, 0.717) is 6.54 Å². The summed E-state index contributed by atoms with van der Waals surface area (Å²) in [5.74, 6) is 5.26. The molecule has 0 unspecified atom stereocenters. The van der Waals surface area contributed by atoms with E-state index in [2.05, 4.69) is 22.3 Å². The fraction of sp³-hybridized carbons (Fsp3) is 0.167. The van der Waals surface area contributed by atoms with E-state index in [9.17, 15) is 4.79 Å². The fourth-order valence-corrected chi connectivity index (χ4v) is 2.08. The van der Waals surface area contributed by atoms with E-state index in [1.54, 1.807) is 0 Å². The van der Waals surface area contributed by atoms with Gasteiger partial charge >= 0.3 is 0 Å². The predicted octanol–water partition coefficient (Wildman–Crippen LogP) is 1.01. The van der Waals surface area contributed by atoms with Crippen molar-refractivity contribution in [3.05, 3.63) is 39.9 Å². The Bertz CT molecular complexity index is 578. The van der Waals surface area contributed by atoms with Gasteiger partial charge in [0, 0.05) is 10.9 Å². The molecule has 0 saturated heterocycles.